The van der Waals surface area contributed by atoms with Crippen LogP contribution in [0.5, 0.6) is 0 Å². The van der Waals surface area contributed by atoms with E-state index in [1.165, 1.54) is 24.8 Å². The average molecular weight is 259 g/mol. The number of fused-ring (bicyclic) bond motifs is 1. The van der Waals surface area contributed by atoms with Crippen LogP contribution < -0.4 is 5.32 Å². The molecule has 0 saturated carbocycles. The van der Waals surface area contributed by atoms with Crippen LogP contribution in [0.3, 0.4) is 0 Å². The van der Waals surface area contributed by atoms with Gasteiger partial charge in [-0.25, -0.2) is 4.98 Å². The van der Waals surface area contributed by atoms with Crippen LogP contribution in [0, 0.1) is 0 Å². The zero-order chi connectivity index (χ0) is 13.7. The number of nitrogens with zero attached hydrogens (tertiary/aromatic N) is 2. The van der Waals surface area contributed by atoms with E-state index in [1.54, 1.807) is 0 Å². The van der Waals surface area contributed by atoms with Gasteiger partial charge in [0.15, 0.2) is 0 Å². The van der Waals surface area contributed by atoms with Crippen molar-refractivity contribution in [3.63, 3.8) is 0 Å². The Kier molecular flexibility index (Phi) is 4.97. The molecule has 1 atom stereocenters. The largest absolute Gasteiger partial charge is 0.327 e. The highest BCUT2D eigenvalue weighted by Crippen LogP contribution is 2.16. The van der Waals surface area contributed by atoms with Gasteiger partial charge in [-0.2, -0.15) is 0 Å². The predicted octanol–water partition coefficient (Wildman–Crippen LogP) is 3.72. The molecule has 0 bridgehead atoms. The van der Waals surface area contributed by atoms with Gasteiger partial charge in [-0.15, -0.1) is 0 Å². The zero-order valence-corrected chi connectivity index (χ0v) is 12.3. The highest BCUT2D eigenvalue weighted by molar-refractivity contribution is 5.75. The molecule has 0 fully saturated rings. The molecule has 1 heterocycles. The first kappa shape index (κ1) is 14.1. The van der Waals surface area contributed by atoms with Crippen LogP contribution in [-0.4, -0.2) is 15.6 Å². The first-order chi connectivity index (χ1) is 9.26. The van der Waals surface area contributed by atoms with Gasteiger partial charge in [0, 0.05) is 12.6 Å². The van der Waals surface area contributed by atoms with E-state index in [0.29, 0.717) is 6.04 Å². The summed E-state index contributed by atoms with van der Waals surface area (Å²) in [4.78, 5) is 4.74. The maximum absolute atomic E-state index is 4.74. The van der Waals surface area contributed by atoms with E-state index in [1.807, 2.05) is 0 Å². The summed E-state index contributed by atoms with van der Waals surface area (Å²) in [5.74, 6) is 1.15. The average Bonchev–Trinajstić information content (AvgIpc) is 2.80. The Morgan fingerprint density at radius 3 is 2.79 bits per heavy atom. The second-order valence-electron chi connectivity index (χ2n) is 5.19. The number of rotatable bonds is 7. The number of aromatic nitrogens is 2. The third kappa shape index (κ3) is 3.35. The van der Waals surface area contributed by atoms with Crippen LogP contribution in [0.2, 0.25) is 0 Å². The van der Waals surface area contributed by atoms with Crippen LogP contribution in [0.15, 0.2) is 24.3 Å². The van der Waals surface area contributed by atoms with Crippen molar-refractivity contribution in [1.82, 2.24) is 14.9 Å². The molecule has 0 aliphatic rings. The Hall–Kier alpha value is -1.35. The molecule has 0 amide bonds. The monoisotopic (exact) mass is 259 g/mol. The number of benzene rings is 1. The van der Waals surface area contributed by atoms with E-state index in [9.17, 15) is 0 Å². The molecule has 0 spiro atoms. The minimum Gasteiger partial charge on any atom is -0.327 e. The first-order valence-electron chi connectivity index (χ1n) is 7.43. The van der Waals surface area contributed by atoms with E-state index in [0.717, 1.165) is 24.4 Å². The summed E-state index contributed by atoms with van der Waals surface area (Å²) in [5, 5.41) is 3.59. The molecular formula is C16H25N3. The molecule has 1 aromatic carbocycles. The highest BCUT2D eigenvalue weighted by Gasteiger charge is 2.09. The molecule has 0 aliphatic heterocycles. The molecule has 2 rings (SSSR count). The Morgan fingerprint density at radius 2 is 2.05 bits per heavy atom. The van der Waals surface area contributed by atoms with E-state index in [4.69, 9.17) is 4.98 Å². The topological polar surface area (TPSA) is 29.9 Å². The number of imidazole rings is 1. The Morgan fingerprint density at radius 1 is 1.26 bits per heavy atom. The van der Waals surface area contributed by atoms with Gasteiger partial charge in [0.1, 0.15) is 5.82 Å². The maximum Gasteiger partial charge on any atom is 0.123 e. The zero-order valence-electron chi connectivity index (χ0n) is 12.3. The Bertz CT molecular complexity index is 516. The lowest BCUT2D eigenvalue weighted by molar-refractivity contribution is 0.480. The number of nitrogens with one attached hydrogen (secondary N) is 1. The van der Waals surface area contributed by atoms with Crippen molar-refractivity contribution in [2.45, 2.75) is 59.2 Å². The third-order valence-electron chi connectivity index (χ3n) is 3.65. The first-order valence-corrected chi connectivity index (χ1v) is 7.43. The van der Waals surface area contributed by atoms with Gasteiger partial charge in [-0.1, -0.05) is 31.9 Å². The summed E-state index contributed by atoms with van der Waals surface area (Å²) in [6.07, 6.45) is 3.79. The molecule has 1 N–H and O–H groups in total. The highest BCUT2D eigenvalue weighted by atomic mass is 15.1. The van der Waals surface area contributed by atoms with Crippen LogP contribution in [0.1, 0.15) is 45.9 Å². The van der Waals surface area contributed by atoms with Gasteiger partial charge in [0.25, 0.3) is 0 Å². The molecule has 1 unspecified atom stereocenters. The van der Waals surface area contributed by atoms with Crippen molar-refractivity contribution < 1.29 is 0 Å². The normalized spacial score (nSPS) is 13.0. The molecule has 3 nitrogen and oxygen atoms in total. The van der Waals surface area contributed by atoms with Crippen LogP contribution >= 0.6 is 0 Å². The van der Waals surface area contributed by atoms with Gasteiger partial charge in [0.2, 0.25) is 0 Å². The fourth-order valence-corrected chi connectivity index (χ4v) is 2.49. The Balaban J connectivity index is 2.07. The van der Waals surface area contributed by atoms with Gasteiger partial charge in [-0.3, -0.25) is 0 Å². The molecule has 0 saturated heterocycles. The van der Waals surface area contributed by atoms with Gasteiger partial charge >= 0.3 is 0 Å². The fourth-order valence-electron chi connectivity index (χ4n) is 2.49. The SMILES string of the molecule is CCCCC(C)NCc1nc2ccccc2n1CC. The summed E-state index contributed by atoms with van der Waals surface area (Å²) in [7, 11) is 0. The van der Waals surface area contributed by atoms with Gasteiger partial charge in [0.05, 0.1) is 17.6 Å². The summed E-state index contributed by atoms with van der Waals surface area (Å²) in [6.45, 7) is 8.50. The predicted molar refractivity (Wildman–Crippen MR) is 81.2 cm³/mol. The smallest absolute Gasteiger partial charge is 0.123 e. The van der Waals surface area contributed by atoms with Crippen molar-refractivity contribution in [2.75, 3.05) is 0 Å². The molecular weight excluding hydrogens is 234 g/mol. The molecule has 1 aromatic heterocycles. The fraction of sp³-hybridized carbons (Fsp3) is 0.562. The van der Waals surface area contributed by atoms with Crippen molar-refractivity contribution in [3.05, 3.63) is 30.1 Å². The molecule has 3 heteroatoms. The molecule has 104 valence electrons. The molecule has 19 heavy (non-hydrogen) atoms. The van der Waals surface area contributed by atoms with Crippen LogP contribution in [0.4, 0.5) is 0 Å². The summed E-state index contributed by atoms with van der Waals surface area (Å²) < 4.78 is 2.30. The van der Waals surface area contributed by atoms with Gasteiger partial charge < -0.3 is 9.88 Å². The van der Waals surface area contributed by atoms with Crippen molar-refractivity contribution in [2.24, 2.45) is 0 Å². The quantitative estimate of drug-likeness (QED) is 0.821. The minimum absolute atomic E-state index is 0.560. The van der Waals surface area contributed by atoms with Crippen LogP contribution in [-0.2, 0) is 13.1 Å². The van der Waals surface area contributed by atoms with Gasteiger partial charge in [-0.05, 0) is 32.4 Å². The number of unbranched alkanes of at least 4 members (excludes halogenated alkanes) is 1. The van der Waals surface area contributed by atoms with E-state index in [2.05, 4.69) is 54.9 Å². The van der Waals surface area contributed by atoms with E-state index in [-0.39, 0.29) is 0 Å². The Labute approximate surface area is 116 Å². The third-order valence-corrected chi connectivity index (χ3v) is 3.65. The van der Waals surface area contributed by atoms with Crippen LogP contribution in [0.25, 0.3) is 11.0 Å². The number of aryl methyl sites for hydroxylation is 1. The van der Waals surface area contributed by atoms with Crippen molar-refractivity contribution in [3.8, 4) is 0 Å². The second kappa shape index (κ2) is 6.71. The van der Waals surface area contributed by atoms with E-state index >= 15 is 0 Å². The molecule has 0 aliphatic carbocycles. The van der Waals surface area contributed by atoms with E-state index < -0.39 is 0 Å². The lowest BCUT2D eigenvalue weighted by Gasteiger charge is -2.13. The van der Waals surface area contributed by atoms with Crippen molar-refractivity contribution in [1.29, 1.82) is 0 Å². The lowest BCUT2D eigenvalue weighted by atomic mass is 10.1. The summed E-state index contributed by atoms with van der Waals surface area (Å²) in [6, 6.07) is 8.93. The second-order valence-corrected chi connectivity index (χ2v) is 5.19. The number of hydrogen-bond acceptors (Lipinski definition) is 2. The molecule has 0 radical (unpaired) electrons. The standard InChI is InChI=1S/C16H25N3/c1-4-6-9-13(3)17-12-16-18-14-10-7-8-11-15(14)19(16)5-2/h7-8,10-11,13,17H,4-6,9,12H2,1-3H3. The number of para-hydroxylation sites is 2. The summed E-state index contributed by atoms with van der Waals surface area (Å²) in [5.41, 5.74) is 2.34. The summed E-state index contributed by atoms with van der Waals surface area (Å²) >= 11 is 0. The van der Waals surface area contributed by atoms with Crippen molar-refractivity contribution >= 4 is 11.0 Å². The lowest BCUT2D eigenvalue weighted by Crippen LogP contribution is -2.26. The minimum atomic E-state index is 0.560. The maximum atomic E-state index is 4.74. The molecule has 2 aromatic rings. The number of hydrogen-bond donors (Lipinski definition) is 1.